The third-order valence-corrected chi connectivity index (χ3v) is 5.78. The van der Waals surface area contributed by atoms with Gasteiger partial charge < -0.3 is 4.74 Å². The molecular weight excluding hydrogens is 374 g/mol. The summed E-state index contributed by atoms with van der Waals surface area (Å²) in [4.78, 5) is 0. The summed E-state index contributed by atoms with van der Waals surface area (Å²) in [7, 11) is 0. The molecule has 0 aliphatic carbocycles. The first-order chi connectivity index (χ1) is 13.4. The summed E-state index contributed by atoms with van der Waals surface area (Å²) in [5, 5.41) is 0. The van der Waals surface area contributed by atoms with Gasteiger partial charge in [-0.05, 0) is 12.8 Å². The maximum atomic E-state index is 5.80. The van der Waals surface area contributed by atoms with E-state index in [0.29, 0.717) is 0 Å². The van der Waals surface area contributed by atoms with Gasteiger partial charge in [-0.3, -0.25) is 0 Å². The van der Waals surface area contributed by atoms with E-state index in [1.165, 1.54) is 141 Å². The van der Waals surface area contributed by atoms with E-state index in [4.69, 9.17) is 4.74 Å². The number of hydrogen-bond donors (Lipinski definition) is 0. The van der Waals surface area contributed by atoms with Crippen LogP contribution in [0.1, 0.15) is 155 Å². The van der Waals surface area contributed by atoms with Crippen LogP contribution in [0.4, 0.5) is 0 Å². The Kier molecular flexibility index (Phi) is 42.4. The molecule has 0 aromatic heterocycles. The molecule has 0 saturated carbocycles. The zero-order valence-electron chi connectivity index (χ0n) is 19.4. The summed E-state index contributed by atoms with van der Waals surface area (Å²) < 4.78 is 5.80. The minimum atomic E-state index is 0. The van der Waals surface area contributed by atoms with E-state index < -0.39 is 0 Å². The monoisotopic (exact) mass is 430 g/mol. The van der Waals surface area contributed by atoms with Crippen LogP contribution in [0.5, 0.6) is 0 Å². The summed E-state index contributed by atoms with van der Waals surface area (Å²) in [6, 6.07) is 0. The Morgan fingerprint density at radius 3 is 0.759 bits per heavy atom. The minimum absolute atomic E-state index is 0. The third kappa shape index (κ3) is 34.8. The Morgan fingerprint density at radius 1 is 0.310 bits per heavy atom. The van der Waals surface area contributed by atoms with Gasteiger partial charge in [-0.1, -0.05) is 142 Å². The van der Waals surface area contributed by atoms with E-state index in [9.17, 15) is 0 Å². The van der Waals surface area contributed by atoms with Crippen LogP contribution in [-0.2, 0) is 4.74 Å². The van der Waals surface area contributed by atoms with Crippen LogP contribution in [0.15, 0.2) is 0 Å². The molecule has 1 nitrogen and oxygen atoms in total. The van der Waals surface area contributed by atoms with E-state index in [2.05, 4.69) is 13.8 Å². The predicted octanol–water partition coefficient (Wildman–Crippen LogP) is 8.33. The average Bonchev–Trinajstić information content (AvgIpc) is 2.68. The molecule has 0 rings (SSSR count). The van der Waals surface area contributed by atoms with Crippen molar-refractivity contribution in [2.45, 2.75) is 155 Å². The first-order valence-electron chi connectivity index (χ1n) is 13.0. The first kappa shape index (κ1) is 35.5. The van der Waals surface area contributed by atoms with Crippen LogP contribution in [0.25, 0.3) is 0 Å². The zero-order chi connectivity index (χ0) is 19.7. The Labute approximate surface area is 230 Å². The molecule has 0 saturated heterocycles. The SMILES string of the molecule is CCCCCCCCCCCCCOCCCCCCCCCCCCC.[NaH].[NaH]. The molecule has 0 atom stereocenters. The van der Waals surface area contributed by atoms with Gasteiger partial charge in [-0.2, -0.15) is 0 Å². The second-order valence-corrected chi connectivity index (χ2v) is 8.68. The summed E-state index contributed by atoms with van der Waals surface area (Å²) in [6.45, 7) is 6.58. The number of hydrogen-bond acceptors (Lipinski definition) is 1. The molecule has 0 aliphatic heterocycles. The van der Waals surface area contributed by atoms with Gasteiger partial charge in [0.25, 0.3) is 0 Å². The van der Waals surface area contributed by atoms with Crippen LogP contribution in [0, 0.1) is 0 Å². The molecule has 0 aliphatic rings. The Morgan fingerprint density at radius 2 is 0.517 bits per heavy atom. The molecule has 3 heteroatoms. The fraction of sp³-hybridized carbons (Fsp3) is 1.00. The molecule has 0 bridgehead atoms. The van der Waals surface area contributed by atoms with E-state index in [1.54, 1.807) is 0 Å². The van der Waals surface area contributed by atoms with E-state index in [0.717, 1.165) is 13.2 Å². The summed E-state index contributed by atoms with van der Waals surface area (Å²) in [5.74, 6) is 0. The molecule has 168 valence electrons. The van der Waals surface area contributed by atoms with Crippen molar-refractivity contribution in [3.05, 3.63) is 0 Å². The molecule has 0 heterocycles. The number of unbranched alkanes of at least 4 members (excludes halogenated alkanes) is 20. The summed E-state index contributed by atoms with van der Waals surface area (Å²) in [6.07, 6.45) is 31.1. The number of ether oxygens (including phenoxy) is 1. The van der Waals surface area contributed by atoms with Crippen molar-refractivity contribution in [2.75, 3.05) is 13.2 Å². The maximum absolute atomic E-state index is 5.80. The van der Waals surface area contributed by atoms with Gasteiger partial charge in [-0.15, -0.1) is 0 Å². The molecule has 0 aromatic carbocycles. The van der Waals surface area contributed by atoms with Crippen LogP contribution < -0.4 is 0 Å². The van der Waals surface area contributed by atoms with Gasteiger partial charge in [-0.25, -0.2) is 0 Å². The number of rotatable bonds is 24. The van der Waals surface area contributed by atoms with Crippen LogP contribution in [0.3, 0.4) is 0 Å². The van der Waals surface area contributed by atoms with Crippen molar-refractivity contribution >= 4 is 59.1 Å². The molecule has 0 amide bonds. The van der Waals surface area contributed by atoms with Crippen molar-refractivity contribution in [2.24, 2.45) is 0 Å². The first-order valence-corrected chi connectivity index (χ1v) is 13.0. The van der Waals surface area contributed by atoms with Gasteiger partial charge in [0.05, 0.1) is 0 Å². The zero-order valence-corrected chi connectivity index (χ0v) is 19.4. The van der Waals surface area contributed by atoms with Gasteiger partial charge in [0.15, 0.2) is 0 Å². The molecule has 0 unspecified atom stereocenters. The summed E-state index contributed by atoms with van der Waals surface area (Å²) in [5.41, 5.74) is 0. The molecule has 0 N–H and O–H groups in total. The third-order valence-electron chi connectivity index (χ3n) is 5.78. The van der Waals surface area contributed by atoms with Crippen molar-refractivity contribution in [3.8, 4) is 0 Å². The second-order valence-electron chi connectivity index (χ2n) is 8.68. The summed E-state index contributed by atoms with van der Waals surface area (Å²) >= 11 is 0. The normalized spacial score (nSPS) is 10.6. The van der Waals surface area contributed by atoms with Crippen molar-refractivity contribution in [1.82, 2.24) is 0 Å². The van der Waals surface area contributed by atoms with Crippen molar-refractivity contribution < 1.29 is 4.74 Å². The van der Waals surface area contributed by atoms with Gasteiger partial charge in [0.2, 0.25) is 0 Å². The Hall–Kier alpha value is 1.96. The van der Waals surface area contributed by atoms with Crippen molar-refractivity contribution in [3.63, 3.8) is 0 Å². The molecule has 0 spiro atoms. The Bertz CT molecular complexity index is 225. The van der Waals surface area contributed by atoms with Crippen molar-refractivity contribution in [1.29, 1.82) is 0 Å². The van der Waals surface area contributed by atoms with Crippen LogP contribution in [-0.4, -0.2) is 72.3 Å². The second kappa shape index (κ2) is 34.6. The molecule has 0 aromatic rings. The van der Waals surface area contributed by atoms with Crippen LogP contribution in [0.2, 0.25) is 0 Å². The fourth-order valence-corrected chi connectivity index (χ4v) is 3.84. The topological polar surface area (TPSA) is 9.23 Å². The van der Waals surface area contributed by atoms with Gasteiger partial charge >= 0.3 is 59.1 Å². The molecule has 0 fully saturated rings. The molecular formula is C26H56Na2O. The quantitative estimate of drug-likeness (QED) is 0.110. The standard InChI is InChI=1S/C26H54O.2Na.2H/c1-3-5-7-9-11-13-15-17-19-21-23-25-27-26-24-22-20-18-16-14-12-10-8-6-4-2;;;;/h3-26H2,1-2H3;;;;. The molecule has 0 radical (unpaired) electrons. The fourth-order valence-electron chi connectivity index (χ4n) is 3.84. The van der Waals surface area contributed by atoms with Gasteiger partial charge in [0.1, 0.15) is 0 Å². The van der Waals surface area contributed by atoms with E-state index >= 15 is 0 Å². The Balaban J connectivity index is -0.00000338. The average molecular weight is 431 g/mol. The van der Waals surface area contributed by atoms with Gasteiger partial charge in [0, 0.05) is 13.2 Å². The molecule has 29 heavy (non-hydrogen) atoms. The van der Waals surface area contributed by atoms with Crippen LogP contribution >= 0.6 is 0 Å². The predicted molar refractivity (Wildman–Crippen MR) is 138 cm³/mol. The van der Waals surface area contributed by atoms with E-state index in [-0.39, 0.29) is 59.1 Å². The van der Waals surface area contributed by atoms with E-state index in [1.807, 2.05) is 0 Å².